The highest BCUT2D eigenvalue weighted by molar-refractivity contribution is 6.40. The normalized spacial score (nSPS) is 11.6. The monoisotopic (exact) mass is 118 g/mol. The molecular formula is C4H13BNO2+. The molecule has 0 aliphatic rings. The van der Waals surface area contributed by atoms with E-state index in [0.717, 1.165) is 0 Å². The van der Waals surface area contributed by atoms with Gasteiger partial charge in [0.05, 0.1) is 21.1 Å². The molecule has 2 N–H and O–H groups in total. The molecule has 0 saturated carbocycles. The Kier molecular flexibility index (Phi) is 2.46. The Bertz CT molecular complexity index is 68.9. The van der Waals surface area contributed by atoms with Gasteiger partial charge in [-0.25, -0.2) is 0 Å². The molecule has 3 nitrogen and oxygen atoms in total. The summed E-state index contributed by atoms with van der Waals surface area (Å²) in [6.45, 7) is 0. The van der Waals surface area contributed by atoms with Crippen LogP contribution in [0.25, 0.3) is 0 Å². The predicted octanol–water partition coefficient (Wildman–Crippen LogP) is -1.30. The molecule has 0 saturated heterocycles. The van der Waals surface area contributed by atoms with E-state index in [1.54, 1.807) is 0 Å². The van der Waals surface area contributed by atoms with Crippen molar-refractivity contribution in [1.29, 1.82) is 0 Å². The van der Waals surface area contributed by atoms with E-state index in [1.807, 2.05) is 21.1 Å². The fourth-order valence-corrected chi connectivity index (χ4v) is 0.490. The van der Waals surface area contributed by atoms with E-state index in [2.05, 4.69) is 0 Å². The number of hydrogen-bond acceptors (Lipinski definition) is 2. The lowest BCUT2D eigenvalue weighted by Crippen LogP contribution is -2.43. The second-order valence-corrected chi connectivity index (χ2v) is 2.95. The zero-order valence-corrected chi connectivity index (χ0v) is 5.63. The van der Waals surface area contributed by atoms with E-state index in [9.17, 15) is 0 Å². The molecule has 0 spiro atoms. The second-order valence-electron chi connectivity index (χ2n) is 2.95. The summed E-state index contributed by atoms with van der Waals surface area (Å²) in [5.74, 6) is 0. The topological polar surface area (TPSA) is 40.5 Å². The summed E-state index contributed by atoms with van der Waals surface area (Å²) in [6, 6.07) is 0. The Hall–Kier alpha value is -0.0551. The summed E-state index contributed by atoms with van der Waals surface area (Å²) in [5.41, 5.74) is 0. The maximum atomic E-state index is 8.43. The van der Waals surface area contributed by atoms with Crippen LogP contribution < -0.4 is 0 Å². The maximum Gasteiger partial charge on any atom is 0.511 e. The van der Waals surface area contributed by atoms with Crippen LogP contribution in [-0.2, 0) is 0 Å². The zero-order valence-electron chi connectivity index (χ0n) is 5.63. The zero-order chi connectivity index (χ0) is 6.78. The summed E-state index contributed by atoms with van der Waals surface area (Å²) in [7, 11) is 4.52. The van der Waals surface area contributed by atoms with E-state index in [1.165, 1.54) is 0 Å². The van der Waals surface area contributed by atoms with Crippen molar-refractivity contribution in [2.45, 2.75) is 0 Å². The van der Waals surface area contributed by atoms with E-state index >= 15 is 0 Å². The Morgan fingerprint density at radius 3 is 1.62 bits per heavy atom. The first-order valence-electron chi connectivity index (χ1n) is 2.58. The Morgan fingerprint density at radius 1 is 1.25 bits per heavy atom. The number of hydrogen-bond donors (Lipinski definition) is 2. The summed E-state index contributed by atoms with van der Waals surface area (Å²) in [6.07, 6.45) is 0.375. The number of quaternary nitrogens is 1. The fraction of sp³-hybridized carbons (Fsp3) is 1.00. The van der Waals surface area contributed by atoms with E-state index < -0.39 is 7.12 Å². The predicted molar refractivity (Wildman–Crippen MR) is 33.1 cm³/mol. The van der Waals surface area contributed by atoms with Gasteiger partial charge in [0, 0.05) is 0 Å². The van der Waals surface area contributed by atoms with Crippen LogP contribution in [-0.4, -0.2) is 49.2 Å². The van der Waals surface area contributed by atoms with Gasteiger partial charge in [0.25, 0.3) is 0 Å². The van der Waals surface area contributed by atoms with Crippen molar-refractivity contribution in [3.05, 3.63) is 0 Å². The molecule has 0 aliphatic heterocycles. The Balaban J connectivity index is 3.39. The number of nitrogens with zero attached hydrogens (tertiary/aromatic N) is 1. The third-order valence-corrected chi connectivity index (χ3v) is 0.711. The van der Waals surface area contributed by atoms with Crippen molar-refractivity contribution in [1.82, 2.24) is 0 Å². The van der Waals surface area contributed by atoms with E-state index in [4.69, 9.17) is 10.0 Å². The minimum Gasteiger partial charge on any atom is -0.423 e. The van der Waals surface area contributed by atoms with Crippen molar-refractivity contribution in [2.24, 2.45) is 0 Å². The maximum absolute atomic E-state index is 8.43. The highest BCUT2D eigenvalue weighted by atomic mass is 16.4. The largest absolute Gasteiger partial charge is 0.511 e. The van der Waals surface area contributed by atoms with Crippen molar-refractivity contribution < 1.29 is 14.5 Å². The van der Waals surface area contributed by atoms with Crippen LogP contribution in [0.4, 0.5) is 0 Å². The quantitative estimate of drug-likeness (QED) is 0.349. The molecule has 4 heteroatoms. The van der Waals surface area contributed by atoms with Crippen LogP contribution in [0.3, 0.4) is 0 Å². The first-order chi connectivity index (χ1) is 3.42. The van der Waals surface area contributed by atoms with Crippen LogP contribution in [0.5, 0.6) is 0 Å². The molecular weight excluding hydrogens is 105 g/mol. The standard InChI is InChI=1S/C4H13BNO2/c1-6(2,3)4-5(7)8/h7-8H,4H2,1-3H3/q+1. The molecule has 0 aromatic carbocycles. The molecule has 0 aliphatic carbocycles. The highest BCUT2D eigenvalue weighted by Gasteiger charge is 2.17. The molecule has 48 valence electrons. The van der Waals surface area contributed by atoms with Gasteiger partial charge in [-0.05, 0) is 0 Å². The molecule has 8 heavy (non-hydrogen) atoms. The average molecular weight is 118 g/mol. The average Bonchev–Trinajstić information content (AvgIpc) is 1.21. The summed E-state index contributed by atoms with van der Waals surface area (Å²) >= 11 is 0. The van der Waals surface area contributed by atoms with Gasteiger partial charge in [-0.1, -0.05) is 0 Å². The lowest BCUT2D eigenvalue weighted by atomic mass is 9.91. The van der Waals surface area contributed by atoms with Gasteiger partial charge in [-0.3, -0.25) is 0 Å². The molecule has 0 heterocycles. The van der Waals surface area contributed by atoms with Crippen LogP contribution in [0, 0.1) is 0 Å². The minimum absolute atomic E-state index is 0.375. The highest BCUT2D eigenvalue weighted by Crippen LogP contribution is 1.87. The van der Waals surface area contributed by atoms with Gasteiger partial charge >= 0.3 is 7.12 Å². The smallest absolute Gasteiger partial charge is 0.423 e. The first kappa shape index (κ1) is 7.94. The van der Waals surface area contributed by atoms with Gasteiger partial charge in [0.15, 0.2) is 0 Å². The molecule has 0 aromatic rings. The van der Waals surface area contributed by atoms with Crippen LogP contribution in [0.1, 0.15) is 0 Å². The molecule has 0 atom stereocenters. The fourth-order valence-electron chi connectivity index (χ4n) is 0.490. The summed E-state index contributed by atoms with van der Waals surface area (Å²) < 4.78 is 0.581. The summed E-state index contributed by atoms with van der Waals surface area (Å²) in [4.78, 5) is 0. The van der Waals surface area contributed by atoms with Crippen molar-refractivity contribution in [3.63, 3.8) is 0 Å². The van der Waals surface area contributed by atoms with Gasteiger partial charge in [-0.2, -0.15) is 0 Å². The molecule has 0 rings (SSSR count). The molecule has 0 unspecified atom stereocenters. The second kappa shape index (κ2) is 2.48. The SMILES string of the molecule is C[N+](C)(C)CB(O)O. The van der Waals surface area contributed by atoms with Crippen LogP contribution >= 0.6 is 0 Å². The van der Waals surface area contributed by atoms with Gasteiger partial charge in [-0.15, -0.1) is 0 Å². The van der Waals surface area contributed by atoms with E-state index in [-0.39, 0.29) is 0 Å². The molecule has 0 bridgehead atoms. The van der Waals surface area contributed by atoms with Gasteiger partial charge in [0.2, 0.25) is 0 Å². The minimum atomic E-state index is -1.19. The van der Waals surface area contributed by atoms with Crippen LogP contribution in [0.2, 0.25) is 0 Å². The third-order valence-electron chi connectivity index (χ3n) is 0.711. The Morgan fingerprint density at radius 2 is 1.62 bits per heavy atom. The lowest BCUT2D eigenvalue weighted by Gasteiger charge is -2.22. The third kappa shape index (κ3) is 5.94. The molecule has 0 radical (unpaired) electrons. The number of rotatable bonds is 2. The van der Waals surface area contributed by atoms with E-state index in [0.29, 0.717) is 10.9 Å². The Labute approximate surface area is 50.3 Å². The summed E-state index contributed by atoms with van der Waals surface area (Å²) in [5, 5.41) is 16.9. The first-order valence-corrected chi connectivity index (χ1v) is 2.58. The van der Waals surface area contributed by atoms with Crippen molar-refractivity contribution in [2.75, 3.05) is 27.6 Å². The van der Waals surface area contributed by atoms with Gasteiger partial charge < -0.3 is 14.5 Å². The van der Waals surface area contributed by atoms with Gasteiger partial charge in [0.1, 0.15) is 6.44 Å². The lowest BCUT2D eigenvalue weighted by molar-refractivity contribution is -0.860. The molecule has 0 amide bonds. The van der Waals surface area contributed by atoms with Crippen molar-refractivity contribution >= 4 is 7.12 Å². The molecule has 0 fully saturated rings. The van der Waals surface area contributed by atoms with Crippen LogP contribution in [0.15, 0.2) is 0 Å². The van der Waals surface area contributed by atoms with Crippen molar-refractivity contribution in [3.8, 4) is 0 Å². The molecule has 0 aromatic heterocycles.